The molecule has 0 bridgehead atoms. The molecule has 5 nitrogen and oxygen atoms in total. The van der Waals surface area contributed by atoms with Crippen molar-refractivity contribution in [2.75, 3.05) is 13.3 Å². The molecule has 2 heterocycles. The zero-order valence-corrected chi connectivity index (χ0v) is 17.4. The van der Waals surface area contributed by atoms with Gasteiger partial charge in [0, 0.05) is 36.6 Å². The lowest BCUT2D eigenvalue weighted by atomic mass is 10.1. The van der Waals surface area contributed by atoms with E-state index in [1.807, 2.05) is 6.07 Å². The summed E-state index contributed by atoms with van der Waals surface area (Å²) in [5, 5.41) is 3.86. The van der Waals surface area contributed by atoms with Crippen molar-refractivity contribution >= 4 is 17.5 Å². The minimum absolute atomic E-state index is 0.0346. The van der Waals surface area contributed by atoms with Crippen molar-refractivity contribution in [3.63, 3.8) is 0 Å². The monoisotopic (exact) mass is 454 g/mol. The third-order valence-corrected chi connectivity index (χ3v) is 5.98. The van der Waals surface area contributed by atoms with Crippen molar-refractivity contribution in [1.82, 2.24) is 10.2 Å². The van der Waals surface area contributed by atoms with E-state index in [-0.39, 0.29) is 30.9 Å². The van der Waals surface area contributed by atoms with E-state index in [9.17, 15) is 18.0 Å². The maximum Gasteiger partial charge on any atom is 0.416 e. The summed E-state index contributed by atoms with van der Waals surface area (Å²) in [4.78, 5) is 13.9. The zero-order valence-electron chi connectivity index (χ0n) is 16.7. The van der Waals surface area contributed by atoms with Crippen molar-refractivity contribution in [2.45, 2.75) is 44.6 Å². The molecule has 1 fully saturated rings. The molecule has 4 rings (SSSR count). The van der Waals surface area contributed by atoms with Crippen LogP contribution >= 0.6 is 11.6 Å². The van der Waals surface area contributed by atoms with Crippen LogP contribution in [0.15, 0.2) is 36.4 Å². The lowest BCUT2D eigenvalue weighted by Crippen LogP contribution is -2.35. The summed E-state index contributed by atoms with van der Waals surface area (Å²) in [6.07, 6.45) is -2.81. The number of hydrogen-bond donors (Lipinski definition) is 1. The summed E-state index contributed by atoms with van der Waals surface area (Å²) in [5.41, 5.74) is 0.295. The van der Waals surface area contributed by atoms with E-state index in [4.69, 9.17) is 21.1 Å². The van der Waals surface area contributed by atoms with Gasteiger partial charge in [0.2, 0.25) is 12.7 Å². The van der Waals surface area contributed by atoms with Gasteiger partial charge in [-0.15, -0.1) is 0 Å². The molecule has 0 aliphatic carbocycles. The van der Waals surface area contributed by atoms with Crippen LogP contribution in [0.25, 0.3) is 0 Å². The van der Waals surface area contributed by atoms with Gasteiger partial charge in [-0.3, -0.25) is 4.79 Å². The van der Waals surface area contributed by atoms with Gasteiger partial charge in [0.05, 0.1) is 5.56 Å². The highest BCUT2D eigenvalue weighted by Gasteiger charge is 2.36. The smallest absolute Gasteiger partial charge is 0.416 e. The highest BCUT2D eigenvalue weighted by atomic mass is 35.5. The molecule has 2 aromatic rings. The van der Waals surface area contributed by atoms with Crippen molar-refractivity contribution < 1.29 is 27.4 Å². The Balaban J connectivity index is 1.34. The van der Waals surface area contributed by atoms with Crippen LogP contribution in [-0.4, -0.2) is 30.2 Å². The van der Waals surface area contributed by atoms with Crippen LogP contribution < -0.4 is 14.8 Å². The molecule has 0 aromatic heterocycles. The molecule has 31 heavy (non-hydrogen) atoms. The van der Waals surface area contributed by atoms with Gasteiger partial charge in [-0.2, -0.15) is 13.2 Å². The van der Waals surface area contributed by atoms with E-state index >= 15 is 0 Å². The quantitative estimate of drug-likeness (QED) is 0.613. The predicted octanol–water partition coefficient (Wildman–Crippen LogP) is 4.76. The topological polar surface area (TPSA) is 50.8 Å². The molecule has 1 saturated heterocycles. The Kier molecular flexibility index (Phi) is 6.29. The number of benzene rings is 2. The van der Waals surface area contributed by atoms with Gasteiger partial charge in [0.15, 0.2) is 11.5 Å². The summed E-state index contributed by atoms with van der Waals surface area (Å²) in [5.74, 6) is 1.16. The van der Waals surface area contributed by atoms with Gasteiger partial charge in [0.1, 0.15) is 0 Å². The average Bonchev–Trinajstić information content (AvgIpc) is 3.31. The first-order chi connectivity index (χ1) is 14.8. The first kappa shape index (κ1) is 21.8. The van der Waals surface area contributed by atoms with E-state index < -0.39 is 11.7 Å². The lowest BCUT2D eigenvalue weighted by Gasteiger charge is -2.26. The Morgan fingerprint density at radius 2 is 1.87 bits per heavy atom. The van der Waals surface area contributed by atoms with E-state index in [2.05, 4.69) is 5.32 Å². The fourth-order valence-electron chi connectivity index (χ4n) is 4.02. The van der Waals surface area contributed by atoms with Crippen LogP contribution in [0.2, 0.25) is 5.02 Å². The van der Waals surface area contributed by atoms with E-state index in [1.54, 1.807) is 17.0 Å². The number of likely N-dealkylation sites (tertiary alicyclic amines) is 1. The number of amides is 1. The summed E-state index contributed by atoms with van der Waals surface area (Å²) >= 11 is 6.28. The molecule has 2 aliphatic rings. The van der Waals surface area contributed by atoms with Gasteiger partial charge in [0.25, 0.3) is 0 Å². The standard InChI is InChI=1S/C22H22ClF3N2O3/c23-18-10-20-19(30-13-31-20)9-15(18)11-27-8-7-16-5-6-21(29)28(16)12-14-3-1-2-4-17(14)22(24,25)26/h1-4,9-10,16,27H,5-8,11-13H2/t16-/m0/s1. The van der Waals surface area contributed by atoms with Crippen molar-refractivity contribution in [1.29, 1.82) is 0 Å². The summed E-state index contributed by atoms with van der Waals surface area (Å²) in [6, 6.07) is 8.87. The highest BCUT2D eigenvalue weighted by molar-refractivity contribution is 6.31. The maximum absolute atomic E-state index is 13.3. The average molecular weight is 455 g/mol. The van der Waals surface area contributed by atoms with Gasteiger partial charge in [-0.1, -0.05) is 29.8 Å². The number of nitrogens with zero attached hydrogens (tertiary/aromatic N) is 1. The van der Waals surface area contributed by atoms with Gasteiger partial charge < -0.3 is 19.7 Å². The highest BCUT2D eigenvalue weighted by Crippen LogP contribution is 2.37. The third kappa shape index (κ3) is 4.91. The first-order valence-electron chi connectivity index (χ1n) is 10.1. The van der Waals surface area contributed by atoms with Crippen LogP contribution in [0.5, 0.6) is 11.5 Å². The van der Waals surface area contributed by atoms with Crippen molar-refractivity contribution in [2.24, 2.45) is 0 Å². The van der Waals surface area contributed by atoms with Crippen LogP contribution in [0, 0.1) is 0 Å². The number of carbonyl (C=O) groups is 1. The minimum Gasteiger partial charge on any atom is -0.454 e. The zero-order chi connectivity index (χ0) is 22.0. The molecule has 1 amide bonds. The molecule has 2 aromatic carbocycles. The number of nitrogens with one attached hydrogen (secondary N) is 1. The largest absolute Gasteiger partial charge is 0.454 e. The number of carbonyl (C=O) groups excluding carboxylic acids is 1. The lowest BCUT2D eigenvalue weighted by molar-refractivity contribution is -0.139. The van der Waals surface area contributed by atoms with Crippen molar-refractivity contribution in [3.05, 3.63) is 58.1 Å². The predicted molar refractivity (Wildman–Crippen MR) is 109 cm³/mol. The molecule has 1 atom stereocenters. The third-order valence-electron chi connectivity index (χ3n) is 5.63. The minimum atomic E-state index is -4.44. The Labute approximate surface area is 183 Å². The second kappa shape index (κ2) is 8.96. The number of ether oxygens (including phenoxy) is 2. The second-order valence-electron chi connectivity index (χ2n) is 7.63. The molecule has 1 N–H and O–H groups in total. The molecular weight excluding hydrogens is 433 g/mol. The molecule has 2 aliphatic heterocycles. The fourth-order valence-corrected chi connectivity index (χ4v) is 4.24. The van der Waals surface area contributed by atoms with E-state index in [1.165, 1.54) is 12.1 Å². The number of halogens is 4. The van der Waals surface area contributed by atoms with Crippen LogP contribution in [0.3, 0.4) is 0 Å². The molecule has 0 spiro atoms. The molecule has 0 radical (unpaired) electrons. The van der Waals surface area contributed by atoms with Crippen LogP contribution in [0.4, 0.5) is 13.2 Å². The van der Waals surface area contributed by atoms with E-state index in [0.717, 1.165) is 11.6 Å². The van der Waals surface area contributed by atoms with E-state index in [0.29, 0.717) is 48.9 Å². The number of hydrogen-bond acceptors (Lipinski definition) is 4. The van der Waals surface area contributed by atoms with Gasteiger partial charge in [-0.05, 0) is 42.6 Å². The fraction of sp³-hybridized carbons (Fsp3) is 0.409. The van der Waals surface area contributed by atoms with Gasteiger partial charge >= 0.3 is 6.18 Å². The summed E-state index contributed by atoms with van der Waals surface area (Å²) in [7, 11) is 0. The Morgan fingerprint density at radius 1 is 1.13 bits per heavy atom. The maximum atomic E-state index is 13.3. The molecule has 9 heteroatoms. The molecule has 0 unspecified atom stereocenters. The van der Waals surface area contributed by atoms with Crippen molar-refractivity contribution in [3.8, 4) is 11.5 Å². The van der Waals surface area contributed by atoms with Crippen LogP contribution in [-0.2, 0) is 24.1 Å². The van der Waals surface area contributed by atoms with Crippen LogP contribution in [0.1, 0.15) is 36.0 Å². The Bertz CT molecular complexity index is 968. The van der Waals surface area contributed by atoms with Gasteiger partial charge in [-0.25, -0.2) is 0 Å². The SMILES string of the molecule is O=C1CC[C@@H](CCNCc2cc3c(cc2Cl)OCO3)N1Cc1ccccc1C(F)(F)F. The molecule has 166 valence electrons. The molecular formula is C22H22ClF3N2O3. The second-order valence-corrected chi connectivity index (χ2v) is 8.04. The summed E-state index contributed by atoms with van der Waals surface area (Å²) < 4.78 is 50.6. The Morgan fingerprint density at radius 3 is 2.65 bits per heavy atom. The number of alkyl halides is 3. The normalized spacial score (nSPS) is 18.1. The molecule has 0 saturated carbocycles. The summed E-state index contributed by atoms with van der Waals surface area (Å²) in [6.45, 7) is 1.24. The first-order valence-corrected chi connectivity index (χ1v) is 10.4. The Hall–Kier alpha value is -2.45. The number of rotatable bonds is 7. The number of fused-ring (bicyclic) bond motifs is 1.